The maximum atomic E-state index is 11.9. The van der Waals surface area contributed by atoms with Gasteiger partial charge >= 0.3 is 5.97 Å². The van der Waals surface area contributed by atoms with Crippen molar-refractivity contribution in [3.63, 3.8) is 0 Å². The van der Waals surface area contributed by atoms with E-state index in [1.165, 1.54) is 23.8 Å². The van der Waals surface area contributed by atoms with Gasteiger partial charge in [0.1, 0.15) is 6.04 Å². The zero-order valence-corrected chi connectivity index (χ0v) is 12.1. The van der Waals surface area contributed by atoms with Crippen molar-refractivity contribution < 1.29 is 9.53 Å². The highest BCUT2D eigenvalue weighted by Gasteiger charge is 2.34. The van der Waals surface area contributed by atoms with Gasteiger partial charge in [-0.2, -0.15) is 0 Å². The van der Waals surface area contributed by atoms with Crippen LogP contribution >= 0.6 is 0 Å². The van der Waals surface area contributed by atoms with Gasteiger partial charge in [0.2, 0.25) is 0 Å². The van der Waals surface area contributed by atoms with Crippen LogP contribution in [0.5, 0.6) is 0 Å². The highest BCUT2D eigenvalue weighted by molar-refractivity contribution is 5.87. The Balaban J connectivity index is 2.11. The summed E-state index contributed by atoms with van der Waals surface area (Å²) in [5.74, 6) is 0.209. The van der Waals surface area contributed by atoms with Crippen LogP contribution in [-0.2, 0) is 16.0 Å². The number of esters is 1. The lowest BCUT2D eigenvalue weighted by molar-refractivity contribution is -0.143. The van der Waals surface area contributed by atoms with Gasteiger partial charge in [-0.15, -0.1) is 0 Å². The smallest absolute Gasteiger partial charge is 0.323 e. The van der Waals surface area contributed by atoms with Crippen LogP contribution in [0.2, 0.25) is 0 Å². The minimum atomic E-state index is -0.265. The lowest BCUT2D eigenvalue weighted by atomic mass is 9.89. The molecule has 2 atom stereocenters. The van der Waals surface area contributed by atoms with E-state index in [4.69, 9.17) is 4.74 Å². The third-order valence-corrected chi connectivity index (χ3v) is 4.10. The van der Waals surface area contributed by atoms with E-state index in [2.05, 4.69) is 36.3 Å². The minimum absolute atomic E-state index is 0.148. The molecular weight excluding hydrogens is 252 g/mol. The van der Waals surface area contributed by atoms with Crippen molar-refractivity contribution in [1.29, 1.82) is 0 Å². The number of carbonyl (C=O) groups is 1. The molecule has 20 heavy (non-hydrogen) atoms. The number of aromatic nitrogens is 1. The Labute approximate surface area is 118 Å². The van der Waals surface area contributed by atoms with Gasteiger partial charge < -0.3 is 9.72 Å². The molecule has 0 spiro atoms. The first kappa shape index (κ1) is 13.2. The molecule has 1 aliphatic rings. The van der Waals surface area contributed by atoms with Crippen molar-refractivity contribution in [2.75, 3.05) is 7.11 Å². The van der Waals surface area contributed by atoms with Crippen LogP contribution < -0.4 is 5.32 Å². The molecule has 2 heterocycles. The summed E-state index contributed by atoms with van der Waals surface area (Å²) in [4.78, 5) is 15.4. The van der Waals surface area contributed by atoms with Crippen molar-refractivity contribution in [3.8, 4) is 0 Å². The molecule has 1 aromatic carbocycles. The molecule has 0 radical (unpaired) electrons. The lowest BCUT2D eigenvalue weighted by Gasteiger charge is -2.32. The van der Waals surface area contributed by atoms with E-state index in [0.29, 0.717) is 12.3 Å². The van der Waals surface area contributed by atoms with E-state index < -0.39 is 0 Å². The predicted molar refractivity (Wildman–Crippen MR) is 78.5 cm³/mol. The first-order chi connectivity index (χ1) is 9.61. The first-order valence-electron chi connectivity index (χ1n) is 7.05. The molecule has 0 saturated heterocycles. The zero-order valence-electron chi connectivity index (χ0n) is 12.1. The number of benzene rings is 1. The lowest BCUT2D eigenvalue weighted by Crippen LogP contribution is -2.46. The van der Waals surface area contributed by atoms with Gasteiger partial charge in [-0.1, -0.05) is 32.0 Å². The van der Waals surface area contributed by atoms with Crippen LogP contribution in [0, 0.1) is 5.92 Å². The van der Waals surface area contributed by atoms with E-state index >= 15 is 0 Å². The zero-order chi connectivity index (χ0) is 14.3. The fourth-order valence-corrected chi connectivity index (χ4v) is 3.09. The molecule has 0 aliphatic carbocycles. The molecule has 4 heteroatoms. The maximum Gasteiger partial charge on any atom is 0.323 e. The summed E-state index contributed by atoms with van der Waals surface area (Å²) in [6, 6.07) is 8.14. The molecule has 2 aromatic rings. The number of nitrogens with one attached hydrogen (secondary N) is 2. The normalized spacial score (nSPS) is 22.0. The largest absolute Gasteiger partial charge is 0.468 e. The van der Waals surface area contributed by atoms with Crippen LogP contribution in [0.15, 0.2) is 24.3 Å². The van der Waals surface area contributed by atoms with Crippen LogP contribution in [0.25, 0.3) is 10.9 Å². The molecule has 106 valence electrons. The topological polar surface area (TPSA) is 54.1 Å². The van der Waals surface area contributed by atoms with Gasteiger partial charge in [-0.05, 0) is 17.5 Å². The van der Waals surface area contributed by atoms with Crippen LogP contribution in [0.1, 0.15) is 31.1 Å². The number of fused-ring (bicyclic) bond motifs is 3. The summed E-state index contributed by atoms with van der Waals surface area (Å²) in [5.41, 5.74) is 3.59. The Morgan fingerprint density at radius 1 is 1.35 bits per heavy atom. The van der Waals surface area contributed by atoms with Crippen LogP contribution in [-0.4, -0.2) is 24.1 Å². The number of hydrogen-bond donors (Lipinski definition) is 2. The highest BCUT2D eigenvalue weighted by atomic mass is 16.5. The monoisotopic (exact) mass is 272 g/mol. The number of ether oxygens (including phenoxy) is 1. The van der Waals surface area contributed by atoms with Crippen LogP contribution in [0.4, 0.5) is 0 Å². The Hall–Kier alpha value is -1.81. The van der Waals surface area contributed by atoms with Crippen LogP contribution in [0.3, 0.4) is 0 Å². The molecule has 0 saturated carbocycles. The second-order valence-corrected chi connectivity index (χ2v) is 5.73. The van der Waals surface area contributed by atoms with Gasteiger partial charge in [0.15, 0.2) is 0 Å². The van der Waals surface area contributed by atoms with Crippen molar-refractivity contribution in [2.45, 2.75) is 32.4 Å². The molecular formula is C16H20N2O2. The number of H-pyrrole nitrogens is 1. The molecule has 2 N–H and O–H groups in total. The highest BCUT2D eigenvalue weighted by Crippen LogP contribution is 2.35. The second kappa shape index (κ2) is 4.94. The summed E-state index contributed by atoms with van der Waals surface area (Å²) in [5, 5.41) is 4.63. The Kier molecular flexibility index (Phi) is 3.26. The van der Waals surface area contributed by atoms with Gasteiger partial charge in [0.25, 0.3) is 0 Å². The molecule has 0 bridgehead atoms. The Morgan fingerprint density at radius 2 is 2.10 bits per heavy atom. The minimum Gasteiger partial charge on any atom is -0.468 e. The third-order valence-electron chi connectivity index (χ3n) is 4.10. The summed E-state index contributed by atoms with van der Waals surface area (Å²) >= 11 is 0. The fourth-order valence-electron chi connectivity index (χ4n) is 3.09. The van der Waals surface area contributed by atoms with Gasteiger partial charge in [0.05, 0.1) is 13.2 Å². The van der Waals surface area contributed by atoms with Crippen molar-refractivity contribution in [2.24, 2.45) is 5.92 Å². The maximum absolute atomic E-state index is 11.9. The summed E-state index contributed by atoms with van der Waals surface area (Å²) < 4.78 is 4.91. The number of rotatable bonds is 2. The summed E-state index contributed by atoms with van der Waals surface area (Å²) in [6.45, 7) is 4.32. The van der Waals surface area contributed by atoms with E-state index in [1.807, 2.05) is 12.1 Å². The number of para-hydroxylation sites is 1. The molecule has 3 rings (SSSR count). The van der Waals surface area contributed by atoms with E-state index in [-0.39, 0.29) is 18.1 Å². The number of aromatic amines is 1. The SMILES string of the molecule is COC(=O)[C@@H]1Cc2c([nH]c3ccccc23)[C@@H](C(C)C)N1. The predicted octanol–water partition coefficient (Wildman–Crippen LogP) is 2.55. The Morgan fingerprint density at radius 3 is 2.80 bits per heavy atom. The third kappa shape index (κ3) is 2.00. The van der Waals surface area contributed by atoms with Crippen molar-refractivity contribution >= 4 is 16.9 Å². The van der Waals surface area contributed by atoms with Crippen molar-refractivity contribution in [3.05, 3.63) is 35.5 Å². The van der Waals surface area contributed by atoms with Gasteiger partial charge in [-0.3, -0.25) is 10.1 Å². The number of carbonyl (C=O) groups excluding carboxylic acids is 1. The second-order valence-electron chi connectivity index (χ2n) is 5.73. The Bertz CT molecular complexity index is 645. The van der Waals surface area contributed by atoms with Gasteiger partial charge in [0, 0.05) is 23.0 Å². The van der Waals surface area contributed by atoms with Crippen molar-refractivity contribution in [1.82, 2.24) is 10.3 Å². The average molecular weight is 272 g/mol. The standard InChI is InChI=1S/C16H20N2O2/c1-9(2)14-15-11(8-13(18-14)16(19)20-3)10-6-4-5-7-12(10)17-15/h4-7,9,13-14,17-18H,8H2,1-3H3/t13-,14+/m0/s1. The molecule has 1 aromatic heterocycles. The molecule has 0 fully saturated rings. The average Bonchev–Trinajstić information content (AvgIpc) is 2.83. The summed E-state index contributed by atoms with van der Waals surface area (Å²) in [7, 11) is 1.44. The molecule has 0 amide bonds. The molecule has 1 aliphatic heterocycles. The first-order valence-corrected chi connectivity index (χ1v) is 7.05. The van der Waals surface area contributed by atoms with E-state index in [0.717, 1.165) is 5.52 Å². The summed E-state index contributed by atoms with van der Waals surface area (Å²) in [6.07, 6.45) is 0.676. The molecule has 4 nitrogen and oxygen atoms in total. The number of methoxy groups -OCH3 is 1. The number of hydrogen-bond acceptors (Lipinski definition) is 3. The van der Waals surface area contributed by atoms with E-state index in [1.54, 1.807) is 0 Å². The van der Waals surface area contributed by atoms with E-state index in [9.17, 15) is 4.79 Å². The van der Waals surface area contributed by atoms with Gasteiger partial charge in [-0.25, -0.2) is 0 Å². The quantitative estimate of drug-likeness (QED) is 0.826. The fraction of sp³-hybridized carbons (Fsp3) is 0.438. The molecule has 0 unspecified atom stereocenters.